The summed E-state index contributed by atoms with van der Waals surface area (Å²) in [7, 11) is 0. The van der Waals surface area contributed by atoms with Gasteiger partial charge in [-0.3, -0.25) is 9.69 Å². The molecule has 0 radical (unpaired) electrons. The third kappa shape index (κ3) is 3.54. The average molecular weight is 390 g/mol. The minimum atomic E-state index is 0.166. The van der Waals surface area contributed by atoms with Crippen molar-refractivity contribution >= 4 is 11.6 Å². The van der Waals surface area contributed by atoms with Crippen molar-refractivity contribution < 1.29 is 4.79 Å². The maximum atomic E-state index is 13.0. The Kier molecular flexibility index (Phi) is 4.81. The number of carbonyl (C=O) groups is 1. The van der Waals surface area contributed by atoms with Crippen LogP contribution in [0, 0.1) is 6.92 Å². The van der Waals surface area contributed by atoms with Crippen molar-refractivity contribution in [3.05, 3.63) is 71.7 Å². The smallest absolute Gasteiger partial charge is 0.254 e. The SMILES string of the molecule is Cc1ccn2c(CNC[C@@H]3CN(C(=O)c4ccccc4)[C@H]4CCN3C4)cnc2c1. The number of fused-ring (bicyclic) bond motifs is 3. The molecule has 1 unspecified atom stereocenters. The Morgan fingerprint density at radius 3 is 2.93 bits per heavy atom. The fraction of sp³-hybridized carbons (Fsp3) is 0.391. The van der Waals surface area contributed by atoms with Gasteiger partial charge in [-0.25, -0.2) is 4.98 Å². The molecule has 6 nitrogen and oxygen atoms in total. The Balaban J connectivity index is 1.24. The van der Waals surface area contributed by atoms with Crippen LogP contribution in [-0.4, -0.2) is 63.4 Å². The number of aryl methyl sites for hydroxylation is 1. The van der Waals surface area contributed by atoms with E-state index in [9.17, 15) is 4.79 Å². The molecule has 0 spiro atoms. The lowest BCUT2D eigenvalue weighted by Crippen LogP contribution is -2.57. The maximum absolute atomic E-state index is 13.0. The number of benzene rings is 1. The number of nitrogens with zero attached hydrogens (tertiary/aromatic N) is 4. The van der Waals surface area contributed by atoms with Crippen molar-refractivity contribution in [2.24, 2.45) is 0 Å². The van der Waals surface area contributed by atoms with Gasteiger partial charge in [-0.2, -0.15) is 0 Å². The molecule has 5 rings (SSSR count). The van der Waals surface area contributed by atoms with E-state index >= 15 is 0 Å². The summed E-state index contributed by atoms with van der Waals surface area (Å²) < 4.78 is 2.14. The lowest BCUT2D eigenvalue weighted by atomic mass is 10.1. The number of hydrogen-bond donors (Lipinski definition) is 1. The molecule has 2 aliphatic heterocycles. The van der Waals surface area contributed by atoms with Gasteiger partial charge in [0.05, 0.1) is 11.9 Å². The number of carbonyl (C=O) groups excluding carboxylic acids is 1. The van der Waals surface area contributed by atoms with E-state index in [-0.39, 0.29) is 5.91 Å². The molecule has 1 N–H and O–H groups in total. The third-order valence-electron chi connectivity index (χ3n) is 6.27. The van der Waals surface area contributed by atoms with Gasteiger partial charge < -0.3 is 14.6 Å². The molecule has 2 aliphatic rings. The summed E-state index contributed by atoms with van der Waals surface area (Å²) in [6.07, 6.45) is 5.10. The quantitative estimate of drug-likeness (QED) is 0.728. The maximum Gasteiger partial charge on any atom is 0.254 e. The van der Waals surface area contributed by atoms with Gasteiger partial charge in [0.2, 0.25) is 0 Å². The minimum Gasteiger partial charge on any atom is -0.333 e. The molecular weight excluding hydrogens is 362 g/mol. The van der Waals surface area contributed by atoms with Crippen molar-refractivity contribution in [1.29, 1.82) is 0 Å². The van der Waals surface area contributed by atoms with Crippen LogP contribution in [0.1, 0.15) is 28.0 Å². The van der Waals surface area contributed by atoms with Crippen LogP contribution in [0.25, 0.3) is 5.65 Å². The van der Waals surface area contributed by atoms with E-state index in [1.54, 1.807) is 0 Å². The molecule has 150 valence electrons. The monoisotopic (exact) mass is 389 g/mol. The van der Waals surface area contributed by atoms with Crippen LogP contribution in [0.4, 0.5) is 0 Å². The van der Waals surface area contributed by atoms with E-state index in [2.05, 4.69) is 49.8 Å². The number of aromatic nitrogens is 2. The van der Waals surface area contributed by atoms with E-state index in [1.807, 2.05) is 36.5 Å². The number of hydrogen-bond acceptors (Lipinski definition) is 4. The highest BCUT2D eigenvalue weighted by Crippen LogP contribution is 2.26. The summed E-state index contributed by atoms with van der Waals surface area (Å²) in [5.74, 6) is 0.166. The van der Waals surface area contributed by atoms with Gasteiger partial charge in [-0.1, -0.05) is 18.2 Å². The highest BCUT2D eigenvalue weighted by atomic mass is 16.2. The van der Waals surface area contributed by atoms with Crippen molar-refractivity contribution in [1.82, 2.24) is 24.5 Å². The van der Waals surface area contributed by atoms with Crippen LogP contribution >= 0.6 is 0 Å². The highest BCUT2D eigenvalue weighted by molar-refractivity contribution is 5.94. The second kappa shape index (κ2) is 7.61. The van der Waals surface area contributed by atoms with Crippen molar-refractivity contribution in [3.8, 4) is 0 Å². The van der Waals surface area contributed by atoms with Crippen LogP contribution < -0.4 is 5.32 Å². The fourth-order valence-electron chi connectivity index (χ4n) is 4.67. The number of rotatable bonds is 5. The molecule has 3 aromatic rings. The summed E-state index contributed by atoms with van der Waals surface area (Å²) in [5.41, 5.74) is 4.16. The first-order valence-corrected chi connectivity index (χ1v) is 10.4. The first kappa shape index (κ1) is 18.3. The topological polar surface area (TPSA) is 52.9 Å². The van der Waals surface area contributed by atoms with Gasteiger partial charge in [0, 0.05) is 56.6 Å². The van der Waals surface area contributed by atoms with Crippen LogP contribution in [-0.2, 0) is 6.54 Å². The third-order valence-corrected chi connectivity index (χ3v) is 6.27. The highest BCUT2D eigenvalue weighted by Gasteiger charge is 2.40. The molecule has 6 heteroatoms. The standard InChI is InChI=1S/C23H27N5O/c1-17-7-10-27-20(14-25-22(27)11-17)12-24-13-21-16-28(19-8-9-26(21)15-19)23(29)18-5-3-2-4-6-18/h2-7,10-11,14,19,21,24H,8-9,12-13,15-16H2,1H3/t19-,21+/m0/s1. The van der Waals surface area contributed by atoms with E-state index in [0.29, 0.717) is 12.1 Å². The van der Waals surface area contributed by atoms with Crippen LogP contribution in [0.3, 0.4) is 0 Å². The average Bonchev–Trinajstić information content (AvgIpc) is 3.34. The van der Waals surface area contributed by atoms with Crippen LogP contribution in [0.5, 0.6) is 0 Å². The molecule has 2 saturated heterocycles. The van der Waals surface area contributed by atoms with Gasteiger partial charge in [0.25, 0.3) is 5.91 Å². The summed E-state index contributed by atoms with van der Waals surface area (Å²) in [5, 5.41) is 3.61. The molecule has 2 bridgehead atoms. The van der Waals surface area contributed by atoms with Gasteiger partial charge in [-0.15, -0.1) is 0 Å². The number of pyridine rings is 1. The van der Waals surface area contributed by atoms with Gasteiger partial charge in [0.1, 0.15) is 5.65 Å². The Morgan fingerprint density at radius 2 is 2.07 bits per heavy atom. The largest absolute Gasteiger partial charge is 0.333 e. The summed E-state index contributed by atoms with van der Waals surface area (Å²) in [6.45, 7) is 6.57. The van der Waals surface area contributed by atoms with E-state index in [1.165, 1.54) is 5.56 Å². The summed E-state index contributed by atoms with van der Waals surface area (Å²) in [4.78, 5) is 22.2. The molecular formula is C23H27N5O. The zero-order valence-corrected chi connectivity index (χ0v) is 16.8. The zero-order valence-electron chi connectivity index (χ0n) is 16.8. The molecule has 1 amide bonds. The molecule has 1 aromatic carbocycles. The van der Waals surface area contributed by atoms with Crippen LogP contribution in [0.15, 0.2) is 54.9 Å². The molecule has 2 aromatic heterocycles. The number of imidazole rings is 1. The summed E-state index contributed by atoms with van der Waals surface area (Å²) >= 11 is 0. The lowest BCUT2D eigenvalue weighted by molar-refractivity contribution is 0.0494. The van der Waals surface area contributed by atoms with Crippen molar-refractivity contribution in [3.63, 3.8) is 0 Å². The Bertz CT molecular complexity index is 1010. The van der Waals surface area contributed by atoms with E-state index in [4.69, 9.17) is 0 Å². The zero-order chi connectivity index (χ0) is 19.8. The predicted molar refractivity (Wildman–Crippen MR) is 113 cm³/mol. The van der Waals surface area contributed by atoms with Crippen LogP contribution in [0.2, 0.25) is 0 Å². The first-order chi connectivity index (χ1) is 14.2. The van der Waals surface area contributed by atoms with Crippen molar-refractivity contribution in [2.75, 3.05) is 26.2 Å². The molecule has 0 saturated carbocycles. The molecule has 29 heavy (non-hydrogen) atoms. The van der Waals surface area contributed by atoms with Crippen molar-refractivity contribution in [2.45, 2.75) is 32.0 Å². The number of piperazine rings is 1. The number of amides is 1. The molecule has 0 aliphatic carbocycles. The second-order valence-corrected chi connectivity index (χ2v) is 8.23. The van der Waals surface area contributed by atoms with E-state index < -0.39 is 0 Å². The van der Waals surface area contributed by atoms with Gasteiger partial charge in [-0.05, 0) is 43.2 Å². The molecule has 2 fully saturated rings. The first-order valence-electron chi connectivity index (χ1n) is 10.4. The Morgan fingerprint density at radius 1 is 1.21 bits per heavy atom. The lowest BCUT2D eigenvalue weighted by Gasteiger charge is -2.40. The van der Waals surface area contributed by atoms with Gasteiger partial charge in [0.15, 0.2) is 0 Å². The normalized spacial score (nSPS) is 23.6. The second-order valence-electron chi connectivity index (χ2n) is 8.23. The Labute approximate surface area is 171 Å². The Hall–Kier alpha value is -2.70. The number of nitrogens with one attached hydrogen (secondary N) is 1. The predicted octanol–water partition coefficient (Wildman–Crippen LogP) is 2.33. The summed E-state index contributed by atoms with van der Waals surface area (Å²) in [6, 6.07) is 14.6. The molecule has 4 heterocycles. The minimum absolute atomic E-state index is 0.166. The molecule has 3 atom stereocenters. The fourth-order valence-corrected chi connectivity index (χ4v) is 4.67. The van der Waals surface area contributed by atoms with E-state index in [0.717, 1.165) is 56.0 Å². The van der Waals surface area contributed by atoms with Gasteiger partial charge >= 0.3 is 0 Å².